The van der Waals surface area contributed by atoms with Gasteiger partial charge in [0.25, 0.3) is 5.91 Å². The van der Waals surface area contributed by atoms with Crippen LogP contribution in [0.15, 0.2) is 72.8 Å². The van der Waals surface area contributed by atoms with E-state index in [1.165, 1.54) is 18.2 Å². The Kier molecular flexibility index (Phi) is 7.97. The van der Waals surface area contributed by atoms with Gasteiger partial charge in [0, 0.05) is 6.54 Å². The van der Waals surface area contributed by atoms with E-state index in [2.05, 4.69) is 10.6 Å². The molecule has 2 amide bonds. The number of nitrogens with zero attached hydrogens (tertiary/aromatic N) is 1. The summed E-state index contributed by atoms with van der Waals surface area (Å²) in [6.07, 6.45) is 0.961. The van der Waals surface area contributed by atoms with Gasteiger partial charge in [-0.05, 0) is 29.8 Å². The van der Waals surface area contributed by atoms with E-state index in [4.69, 9.17) is 23.2 Å². The highest BCUT2D eigenvalue weighted by molar-refractivity contribution is 7.92. The van der Waals surface area contributed by atoms with Crippen molar-refractivity contribution in [1.82, 2.24) is 5.32 Å². The number of para-hydroxylation sites is 1. The monoisotopic (exact) mass is 505 g/mol. The average molecular weight is 506 g/mol. The first kappa shape index (κ1) is 24.6. The van der Waals surface area contributed by atoms with E-state index < -0.39 is 22.5 Å². The average Bonchev–Trinajstić information content (AvgIpc) is 2.78. The van der Waals surface area contributed by atoms with Crippen LogP contribution >= 0.6 is 23.2 Å². The number of benzene rings is 3. The Morgan fingerprint density at radius 1 is 0.909 bits per heavy atom. The summed E-state index contributed by atoms with van der Waals surface area (Å²) in [5.41, 5.74) is 1.50. The van der Waals surface area contributed by atoms with Gasteiger partial charge in [-0.15, -0.1) is 0 Å². The SMILES string of the molecule is CS(=O)(=O)N(CC(=O)Nc1ccccc1C(=O)NCc1ccccc1)c1cccc(Cl)c1Cl. The van der Waals surface area contributed by atoms with E-state index in [0.29, 0.717) is 6.54 Å². The third-order valence-corrected chi connectivity index (χ3v) is 6.56. The number of rotatable bonds is 8. The van der Waals surface area contributed by atoms with E-state index in [0.717, 1.165) is 16.1 Å². The predicted octanol–water partition coefficient (Wildman–Crippen LogP) is 4.33. The summed E-state index contributed by atoms with van der Waals surface area (Å²) in [6.45, 7) is -0.240. The van der Waals surface area contributed by atoms with Crippen molar-refractivity contribution in [2.45, 2.75) is 6.54 Å². The molecular formula is C23H21Cl2N3O4S. The summed E-state index contributed by atoms with van der Waals surface area (Å²) >= 11 is 12.2. The number of amides is 2. The molecule has 0 saturated heterocycles. The van der Waals surface area contributed by atoms with Crippen molar-refractivity contribution in [2.75, 3.05) is 22.4 Å². The van der Waals surface area contributed by atoms with Crippen molar-refractivity contribution in [3.05, 3.63) is 94.0 Å². The molecule has 0 radical (unpaired) electrons. The molecule has 0 aromatic heterocycles. The maximum absolute atomic E-state index is 12.8. The fourth-order valence-corrected chi connectivity index (χ4v) is 4.36. The van der Waals surface area contributed by atoms with E-state index in [9.17, 15) is 18.0 Å². The van der Waals surface area contributed by atoms with Gasteiger partial charge < -0.3 is 10.6 Å². The molecule has 3 rings (SSSR count). The Bertz CT molecular complexity index is 1270. The number of hydrogen-bond donors (Lipinski definition) is 2. The fourth-order valence-electron chi connectivity index (χ4n) is 3.05. The van der Waals surface area contributed by atoms with E-state index in [1.807, 2.05) is 30.3 Å². The van der Waals surface area contributed by atoms with Crippen molar-refractivity contribution in [1.29, 1.82) is 0 Å². The largest absolute Gasteiger partial charge is 0.348 e. The van der Waals surface area contributed by atoms with Crippen molar-refractivity contribution < 1.29 is 18.0 Å². The van der Waals surface area contributed by atoms with Crippen molar-refractivity contribution >= 4 is 56.4 Å². The van der Waals surface area contributed by atoms with Gasteiger partial charge in [0.15, 0.2) is 0 Å². The molecule has 0 aliphatic carbocycles. The number of carbonyl (C=O) groups excluding carboxylic acids is 2. The Hall–Kier alpha value is -3.07. The molecule has 10 heteroatoms. The number of halogens is 2. The van der Waals surface area contributed by atoms with Crippen molar-refractivity contribution in [3.8, 4) is 0 Å². The highest BCUT2D eigenvalue weighted by atomic mass is 35.5. The first-order valence-corrected chi connectivity index (χ1v) is 12.4. The molecule has 0 atom stereocenters. The number of anilines is 2. The third-order valence-electron chi connectivity index (χ3n) is 4.63. The van der Waals surface area contributed by atoms with E-state index in [-0.39, 0.29) is 32.9 Å². The third kappa shape index (κ3) is 6.47. The van der Waals surface area contributed by atoms with Gasteiger partial charge in [-0.3, -0.25) is 13.9 Å². The topological polar surface area (TPSA) is 95.6 Å². The van der Waals surface area contributed by atoms with Crippen LogP contribution in [0.25, 0.3) is 0 Å². The number of sulfonamides is 1. The van der Waals surface area contributed by atoms with Crippen LogP contribution in [0.1, 0.15) is 15.9 Å². The molecule has 33 heavy (non-hydrogen) atoms. The Morgan fingerprint density at radius 3 is 2.27 bits per heavy atom. The van der Waals surface area contributed by atoms with Gasteiger partial charge in [-0.2, -0.15) is 0 Å². The molecule has 0 bridgehead atoms. The summed E-state index contributed by atoms with van der Waals surface area (Å²) in [5.74, 6) is -1.03. The van der Waals surface area contributed by atoms with Crippen LogP contribution in [0.3, 0.4) is 0 Å². The Balaban J connectivity index is 1.77. The molecule has 2 N–H and O–H groups in total. The van der Waals surface area contributed by atoms with Gasteiger partial charge in [-0.1, -0.05) is 71.7 Å². The van der Waals surface area contributed by atoms with Crippen LogP contribution in [0.4, 0.5) is 11.4 Å². The lowest BCUT2D eigenvalue weighted by molar-refractivity contribution is -0.114. The van der Waals surface area contributed by atoms with Gasteiger partial charge >= 0.3 is 0 Å². The van der Waals surface area contributed by atoms with Gasteiger partial charge in [0.1, 0.15) is 6.54 Å². The molecular weight excluding hydrogens is 485 g/mol. The first-order chi connectivity index (χ1) is 15.7. The van der Waals surface area contributed by atoms with Crippen LogP contribution in [0.5, 0.6) is 0 Å². The second kappa shape index (κ2) is 10.7. The standard InChI is InChI=1S/C23H21Cl2N3O4S/c1-33(31,32)28(20-13-7-11-18(24)22(20)25)15-21(29)27-19-12-6-5-10-17(19)23(30)26-14-16-8-3-2-4-9-16/h2-13H,14-15H2,1H3,(H,26,30)(H,27,29). The lowest BCUT2D eigenvalue weighted by Gasteiger charge is -2.23. The van der Waals surface area contributed by atoms with Crippen LogP contribution in [-0.2, 0) is 21.4 Å². The summed E-state index contributed by atoms with van der Waals surface area (Å²) < 4.78 is 25.6. The molecule has 3 aromatic rings. The zero-order valence-corrected chi connectivity index (χ0v) is 19.9. The maximum atomic E-state index is 12.8. The zero-order chi connectivity index (χ0) is 24.0. The van der Waals surface area contributed by atoms with Crippen molar-refractivity contribution in [3.63, 3.8) is 0 Å². The molecule has 0 fully saturated rings. The Labute approximate surface area is 202 Å². The van der Waals surface area contributed by atoms with Crippen molar-refractivity contribution in [2.24, 2.45) is 0 Å². The van der Waals surface area contributed by atoms with Crippen LogP contribution in [-0.4, -0.2) is 33.0 Å². The molecule has 0 heterocycles. The molecule has 3 aromatic carbocycles. The second-order valence-electron chi connectivity index (χ2n) is 7.10. The summed E-state index contributed by atoms with van der Waals surface area (Å²) in [5, 5.41) is 5.59. The summed E-state index contributed by atoms with van der Waals surface area (Å²) in [6, 6.07) is 20.3. The van der Waals surface area contributed by atoms with Crippen LogP contribution < -0.4 is 14.9 Å². The number of hydrogen-bond acceptors (Lipinski definition) is 4. The predicted molar refractivity (Wildman–Crippen MR) is 131 cm³/mol. The normalized spacial score (nSPS) is 11.0. The minimum Gasteiger partial charge on any atom is -0.348 e. The molecule has 0 saturated carbocycles. The lowest BCUT2D eigenvalue weighted by atomic mass is 10.1. The minimum atomic E-state index is -3.86. The smallest absolute Gasteiger partial charge is 0.253 e. The van der Waals surface area contributed by atoms with Gasteiger partial charge in [0.05, 0.1) is 33.2 Å². The minimum absolute atomic E-state index is 0.0121. The molecule has 0 aliphatic heterocycles. The van der Waals surface area contributed by atoms with E-state index >= 15 is 0 Å². The first-order valence-electron chi connectivity index (χ1n) is 9.79. The Morgan fingerprint density at radius 2 is 1.58 bits per heavy atom. The molecule has 172 valence electrons. The highest BCUT2D eigenvalue weighted by Crippen LogP contribution is 2.33. The summed E-state index contributed by atoms with van der Waals surface area (Å²) in [4.78, 5) is 25.5. The molecule has 0 aliphatic rings. The van der Waals surface area contributed by atoms with Gasteiger partial charge in [0.2, 0.25) is 15.9 Å². The van der Waals surface area contributed by atoms with Crippen LogP contribution in [0, 0.1) is 0 Å². The molecule has 7 nitrogen and oxygen atoms in total. The van der Waals surface area contributed by atoms with Gasteiger partial charge in [-0.25, -0.2) is 8.42 Å². The number of nitrogens with one attached hydrogen (secondary N) is 2. The molecule has 0 spiro atoms. The summed E-state index contributed by atoms with van der Waals surface area (Å²) in [7, 11) is -3.86. The van der Waals surface area contributed by atoms with Crippen LogP contribution in [0.2, 0.25) is 10.0 Å². The zero-order valence-electron chi connectivity index (χ0n) is 17.6. The maximum Gasteiger partial charge on any atom is 0.253 e. The quantitative estimate of drug-likeness (QED) is 0.476. The number of carbonyl (C=O) groups is 2. The van der Waals surface area contributed by atoms with E-state index in [1.54, 1.807) is 24.3 Å². The highest BCUT2D eigenvalue weighted by Gasteiger charge is 2.24. The lowest BCUT2D eigenvalue weighted by Crippen LogP contribution is -2.38. The second-order valence-corrected chi connectivity index (χ2v) is 9.80. The fraction of sp³-hybridized carbons (Fsp3) is 0.130. The molecule has 0 unspecified atom stereocenters.